The minimum Gasteiger partial charge on any atom is -0.494 e. The van der Waals surface area contributed by atoms with Crippen molar-refractivity contribution in [1.82, 2.24) is 9.97 Å². The van der Waals surface area contributed by atoms with Gasteiger partial charge in [-0.2, -0.15) is 0 Å². The van der Waals surface area contributed by atoms with Crippen LogP contribution in [0.3, 0.4) is 0 Å². The van der Waals surface area contributed by atoms with E-state index in [1.165, 1.54) is 0 Å². The van der Waals surface area contributed by atoms with Crippen LogP contribution in [0.25, 0.3) is 11.0 Å². The zero-order chi connectivity index (χ0) is 10.1. The number of ether oxygens (including phenoxy) is 1. The van der Waals surface area contributed by atoms with Crippen LogP contribution in [0.1, 0.15) is 18.8 Å². The summed E-state index contributed by atoms with van der Waals surface area (Å²) in [5, 5.41) is 0. The van der Waals surface area contributed by atoms with E-state index in [1.54, 1.807) is 7.11 Å². The summed E-state index contributed by atoms with van der Waals surface area (Å²) in [5.74, 6) is 1.55. The first-order chi connectivity index (χ1) is 6.72. The summed E-state index contributed by atoms with van der Waals surface area (Å²) in [6.45, 7) is 1.89. The maximum atomic E-state index is 5.73. The molecule has 1 aromatic carbocycles. The number of fused-ring (bicyclic) bond motifs is 1. The number of nitrogens with two attached hydrogens (primary N) is 1. The molecule has 0 amide bonds. The van der Waals surface area contributed by atoms with E-state index in [0.29, 0.717) is 0 Å². The van der Waals surface area contributed by atoms with E-state index in [-0.39, 0.29) is 6.04 Å². The number of rotatable bonds is 2. The van der Waals surface area contributed by atoms with E-state index >= 15 is 0 Å². The Morgan fingerprint density at radius 2 is 2.29 bits per heavy atom. The van der Waals surface area contributed by atoms with Crippen LogP contribution in [0.4, 0.5) is 0 Å². The molecule has 4 heteroatoms. The van der Waals surface area contributed by atoms with Gasteiger partial charge in [-0.15, -0.1) is 0 Å². The number of nitrogens with zero attached hydrogens (tertiary/aromatic N) is 1. The first kappa shape index (κ1) is 9.02. The fourth-order valence-electron chi connectivity index (χ4n) is 1.41. The van der Waals surface area contributed by atoms with Crippen LogP contribution in [-0.2, 0) is 0 Å². The maximum Gasteiger partial charge on any atom is 0.146 e. The average Bonchev–Trinajstić information content (AvgIpc) is 2.60. The summed E-state index contributed by atoms with van der Waals surface area (Å²) >= 11 is 0. The lowest BCUT2D eigenvalue weighted by atomic mass is 10.3. The van der Waals surface area contributed by atoms with Gasteiger partial charge in [-0.1, -0.05) is 6.07 Å². The van der Waals surface area contributed by atoms with E-state index < -0.39 is 0 Å². The summed E-state index contributed by atoms with van der Waals surface area (Å²) in [6.07, 6.45) is 0. The zero-order valence-corrected chi connectivity index (χ0v) is 8.24. The number of aromatic amines is 1. The van der Waals surface area contributed by atoms with Crippen molar-refractivity contribution in [2.75, 3.05) is 7.11 Å². The van der Waals surface area contributed by atoms with Crippen LogP contribution >= 0.6 is 0 Å². The molecule has 0 spiro atoms. The van der Waals surface area contributed by atoms with E-state index in [0.717, 1.165) is 22.6 Å². The molecule has 0 radical (unpaired) electrons. The van der Waals surface area contributed by atoms with Crippen LogP contribution in [0, 0.1) is 0 Å². The Morgan fingerprint density at radius 1 is 1.50 bits per heavy atom. The van der Waals surface area contributed by atoms with Gasteiger partial charge in [0.05, 0.1) is 18.7 Å². The molecular weight excluding hydrogens is 178 g/mol. The number of imidazole rings is 1. The van der Waals surface area contributed by atoms with Crippen LogP contribution in [0.5, 0.6) is 5.75 Å². The molecule has 0 saturated carbocycles. The molecular formula is C10H13N3O. The van der Waals surface area contributed by atoms with Gasteiger partial charge in [0.2, 0.25) is 0 Å². The van der Waals surface area contributed by atoms with E-state index in [1.807, 2.05) is 25.1 Å². The van der Waals surface area contributed by atoms with Crippen LogP contribution in [0.15, 0.2) is 18.2 Å². The Bertz CT molecular complexity index is 448. The Balaban J connectivity index is 2.64. The Morgan fingerprint density at radius 3 is 2.93 bits per heavy atom. The molecule has 0 bridgehead atoms. The van der Waals surface area contributed by atoms with Crippen molar-refractivity contribution in [2.45, 2.75) is 13.0 Å². The lowest BCUT2D eigenvalue weighted by Gasteiger charge is -1.98. The Kier molecular flexibility index (Phi) is 2.13. The van der Waals surface area contributed by atoms with Gasteiger partial charge in [0, 0.05) is 0 Å². The van der Waals surface area contributed by atoms with Crippen molar-refractivity contribution in [3.8, 4) is 5.75 Å². The molecule has 0 aliphatic heterocycles. The highest BCUT2D eigenvalue weighted by molar-refractivity contribution is 5.81. The van der Waals surface area contributed by atoms with Crippen molar-refractivity contribution in [3.05, 3.63) is 24.0 Å². The summed E-state index contributed by atoms with van der Waals surface area (Å²) in [5.41, 5.74) is 7.53. The third-order valence-electron chi connectivity index (χ3n) is 2.15. The third-order valence-corrected chi connectivity index (χ3v) is 2.15. The maximum absolute atomic E-state index is 5.73. The zero-order valence-electron chi connectivity index (χ0n) is 8.24. The lowest BCUT2D eigenvalue weighted by Crippen LogP contribution is -2.06. The smallest absolute Gasteiger partial charge is 0.146 e. The fourth-order valence-corrected chi connectivity index (χ4v) is 1.41. The molecule has 2 rings (SSSR count). The van der Waals surface area contributed by atoms with Gasteiger partial charge in [-0.3, -0.25) is 0 Å². The predicted molar refractivity (Wildman–Crippen MR) is 55.2 cm³/mol. The molecule has 1 heterocycles. The highest BCUT2D eigenvalue weighted by Crippen LogP contribution is 2.24. The molecule has 74 valence electrons. The second-order valence-electron chi connectivity index (χ2n) is 3.27. The molecule has 0 saturated heterocycles. The highest BCUT2D eigenvalue weighted by Gasteiger charge is 2.09. The summed E-state index contributed by atoms with van der Waals surface area (Å²) < 4.78 is 5.20. The molecule has 1 unspecified atom stereocenters. The van der Waals surface area contributed by atoms with Crippen molar-refractivity contribution >= 4 is 11.0 Å². The second kappa shape index (κ2) is 3.31. The molecule has 4 nitrogen and oxygen atoms in total. The molecule has 0 fully saturated rings. The Hall–Kier alpha value is -1.55. The standard InChI is InChI=1S/C10H13N3O/c1-6(11)10-12-7-4-3-5-8(14-2)9(7)13-10/h3-6H,11H2,1-2H3,(H,12,13). The highest BCUT2D eigenvalue weighted by atomic mass is 16.5. The summed E-state index contributed by atoms with van der Waals surface area (Å²) in [4.78, 5) is 7.53. The fraction of sp³-hybridized carbons (Fsp3) is 0.300. The molecule has 14 heavy (non-hydrogen) atoms. The van der Waals surface area contributed by atoms with E-state index in [4.69, 9.17) is 10.5 Å². The van der Waals surface area contributed by atoms with Gasteiger partial charge in [0.15, 0.2) is 0 Å². The topological polar surface area (TPSA) is 63.9 Å². The summed E-state index contributed by atoms with van der Waals surface area (Å²) in [6, 6.07) is 5.67. The minimum absolute atomic E-state index is 0.0906. The van der Waals surface area contributed by atoms with Gasteiger partial charge in [0.25, 0.3) is 0 Å². The van der Waals surface area contributed by atoms with Crippen molar-refractivity contribution in [2.24, 2.45) is 5.73 Å². The molecule has 2 aromatic rings. The first-order valence-electron chi connectivity index (χ1n) is 4.50. The number of methoxy groups -OCH3 is 1. The van der Waals surface area contributed by atoms with E-state index in [2.05, 4.69) is 9.97 Å². The number of benzene rings is 1. The predicted octanol–water partition coefficient (Wildman–Crippen LogP) is 1.59. The van der Waals surface area contributed by atoms with Crippen molar-refractivity contribution < 1.29 is 4.74 Å². The van der Waals surface area contributed by atoms with Crippen LogP contribution < -0.4 is 10.5 Å². The monoisotopic (exact) mass is 191 g/mol. The molecule has 1 aromatic heterocycles. The molecule has 1 atom stereocenters. The SMILES string of the molecule is COc1cccc2[nH]c(C(C)N)nc12. The van der Waals surface area contributed by atoms with Crippen LogP contribution in [0.2, 0.25) is 0 Å². The van der Waals surface area contributed by atoms with Crippen LogP contribution in [-0.4, -0.2) is 17.1 Å². The minimum atomic E-state index is -0.0906. The van der Waals surface area contributed by atoms with Gasteiger partial charge in [0.1, 0.15) is 17.1 Å². The number of aromatic nitrogens is 2. The average molecular weight is 191 g/mol. The second-order valence-corrected chi connectivity index (χ2v) is 3.27. The largest absolute Gasteiger partial charge is 0.494 e. The quantitative estimate of drug-likeness (QED) is 0.757. The molecule has 0 aliphatic carbocycles. The van der Waals surface area contributed by atoms with Gasteiger partial charge in [-0.25, -0.2) is 4.98 Å². The number of para-hydroxylation sites is 1. The van der Waals surface area contributed by atoms with Gasteiger partial charge >= 0.3 is 0 Å². The summed E-state index contributed by atoms with van der Waals surface area (Å²) in [7, 11) is 1.63. The van der Waals surface area contributed by atoms with Crippen molar-refractivity contribution in [1.29, 1.82) is 0 Å². The number of nitrogens with one attached hydrogen (secondary N) is 1. The number of H-pyrrole nitrogens is 1. The van der Waals surface area contributed by atoms with Gasteiger partial charge in [-0.05, 0) is 19.1 Å². The van der Waals surface area contributed by atoms with Crippen molar-refractivity contribution in [3.63, 3.8) is 0 Å². The van der Waals surface area contributed by atoms with E-state index in [9.17, 15) is 0 Å². The van der Waals surface area contributed by atoms with Gasteiger partial charge < -0.3 is 15.5 Å². The molecule has 3 N–H and O–H groups in total. The third kappa shape index (κ3) is 1.33. The number of hydrogen-bond acceptors (Lipinski definition) is 3. The lowest BCUT2D eigenvalue weighted by molar-refractivity contribution is 0.419. The Labute approximate surface area is 82.1 Å². The first-order valence-corrected chi connectivity index (χ1v) is 4.50. The number of hydrogen-bond donors (Lipinski definition) is 2. The normalized spacial score (nSPS) is 13.1. The molecule has 0 aliphatic rings.